The smallest absolute Gasteiger partial charge is 0.184 e. The van der Waals surface area contributed by atoms with Crippen LogP contribution in [0.25, 0.3) is 5.69 Å². The highest BCUT2D eigenvalue weighted by atomic mass is 32.2. The molecule has 0 fully saturated rings. The molecule has 0 aliphatic rings. The molecule has 0 amide bonds. The predicted octanol–water partition coefficient (Wildman–Crippen LogP) is 5.23. The first kappa shape index (κ1) is 15.3. The first-order valence-electron chi connectivity index (χ1n) is 6.36. The second-order valence-corrected chi connectivity index (χ2v) is 7.23. The lowest BCUT2D eigenvalue weighted by Gasteiger charge is -2.02. The summed E-state index contributed by atoms with van der Waals surface area (Å²) in [6, 6.07) is 13.7. The Morgan fingerprint density at radius 2 is 1.86 bits per heavy atom. The van der Waals surface area contributed by atoms with Gasteiger partial charge in [-0.15, -0.1) is 5.10 Å². The molecule has 2 aromatic carbocycles. The molecule has 0 aliphatic heterocycles. The SMILES string of the molecule is Fc1cccc(CSc2nn(-c3ccccc3)c(=S)s2)c1F. The summed E-state index contributed by atoms with van der Waals surface area (Å²) < 4.78 is 29.8. The molecule has 0 bridgehead atoms. The van der Waals surface area contributed by atoms with Crippen molar-refractivity contribution in [3.63, 3.8) is 0 Å². The van der Waals surface area contributed by atoms with Crippen LogP contribution in [0.3, 0.4) is 0 Å². The number of rotatable bonds is 4. The van der Waals surface area contributed by atoms with Gasteiger partial charge in [-0.1, -0.05) is 53.4 Å². The van der Waals surface area contributed by atoms with Gasteiger partial charge in [0, 0.05) is 11.3 Å². The van der Waals surface area contributed by atoms with E-state index in [0.29, 0.717) is 15.3 Å². The van der Waals surface area contributed by atoms with Crippen LogP contribution in [0, 0.1) is 15.6 Å². The van der Waals surface area contributed by atoms with Crippen molar-refractivity contribution in [2.45, 2.75) is 10.1 Å². The van der Waals surface area contributed by atoms with Crippen molar-refractivity contribution in [1.29, 1.82) is 0 Å². The van der Waals surface area contributed by atoms with Gasteiger partial charge in [0.15, 0.2) is 19.9 Å². The number of para-hydroxylation sites is 1. The van der Waals surface area contributed by atoms with E-state index in [0.717, 1.165) is 16.1 Å². The molecule has 2 nitrogen and oxygen atoms in total. The van der Waals surface area contributed by atoms with Crippen molar-refractivity contribution >= 4 is 35.3 Å². The molecule has 1 heterocycles. The van der Waals surface area contributed by atoms with Crippen LogP contribution in [0.2, 0.25) is 0 Å². The molecular weight excluding hydrogens is 342 g/mol. The Labute approximate surface area is 139 Å². The molecule has 0 unspecified atom stereocenters. The van der Waals surface area contributed by atoms with E-state index in [4.69, 9.17) is 12.2 Å². The third-order valence-electron chi connectivity index (χ3n) is 2.91. The van der Waals surface area contributed by atoms with Crippen molar-refractivity contribution in [2.24, 2.45) is 0 Å². The third kappa shape index (κ3) is 3.26. The zero-order valence-corrected chi connectivity index (χ0v) is 13.7. The summed E-state index contributed by atoms with van der Waals surface area (Å²) in [5, 5.41) is 4.42. The van der Waals surface area contributed by atoms with Crippen molar-refractivity contribution in [3.05, 3.63) is 69.7 Å². The molecule has 0 spiro atoms. The maximum Gasteiger partial charge on any atom is 0.184 e. The van der Waals surface area contributed by atoms with Gasteiger partial charge in [0.05, 0.1) is 5.69 Å². The Balaban J connectivity index is 1.80. The molecule has 3 aromatic rings. The Morgan fingerprint density at radius 3 is 2.64 bits per heavy atom. The van der Waals surface area contributed by atoms with E-state index in [-0.39, 0.29) is 0 Å². The summed E-state index contributed by atoms with van der Waals surface area (Å²) in [7, 11) is 0. The van der Waals surface area contributed by atoms with Crippen molar-refractivity contribution < 1.29 is 8.78 Å². The maximum atomic E-state index is 13.6. The first-order chi connectivity index (χ1) is 10.6. The van der Waals surface area contributed by atoms with E-state index in [1.54, 1.807) is 10.7 Å². The van der Waals surface area contributed by atoms with Crippen LogP contribution in [0.5, 0.6) is 0 Å². The molecule has 112 valence electrons. The minimum atomic E-state index is -0.833. The predicted molar refractivity (Wildman–Crippen MR) is 88.2 cm³/mol. The van der Waals surface area contributed by atoms with E-state index in [1.807, 2.05) is 30.3 Å². The molecule has 0 atom stereocenters. The fraction of sp³-hybridized carbons (Fsp3) is 0.0667. The average molecular weight is 352 g/mol. The van der Waals surface area contributed by atoms with Gasteiger partial charge in [-0.3, -0.25) is 0 Å². The topological polar surface area (TPSA) is 17.8 Å². The quantitative estimate of drug-likeness (QED) is 0.473. The molecule has 0 N–H and O–H groups in total. The largest absolute Gasteiger partial charge is 0.211 e. The van der Waals surface area contributed by atoms with Gasteiger partial charge in [0.2, 0.25) is 0 Å². The minimum absolute atomic E-state index is 0.306. The summed E-state index contributed by atoms with van der Waals surface area (Å²) in [6.07, 6.45) is 0. The molecule has 7 heteroatoms. The van der Waals surface area contributed by atoms with Crippen LogP contribution in [0.4, 0.5) is 8.78 Å². The highest BCUT2D eigenvalue weighted by Crippen LogP contribution is 2.28. The summed E-state index contributed by atoms with van der Waals surface area (Å²) >= 11 is 8.00. The molecule has 0 aliphatic carbocycles. The maximum absolute atomic E-state index is 13.6. The lowest BCUT2D eigenvalue weighted by molar-refractivity contribution is 0.502. The Bertz CT molecular complexity index is 843. The average Bonchev–Trinajstić information content (AvgIpc) is 2.91. The third-order valence-corrected chi connectivity index (χ3v) is 5.33. The molecule has 0 saturated carbocycles. The second kappa shape index (κ2) is 6.68. The molecule has 1 aromatic heterocycles. The standard InChI is InChI=1S/C15H10F2N2S3/c16-12-8-4-5-10(13(12)17)9-21-14-18-19(15(20)22-14)11-6-2-1-3-7-11/h1-8H,9H2. The van der Waals surface area contributed by atoms with Gasteiger partial charge in [-0.05, 0) is 30.4 Å². The van der Waals surface area contributed by atoms with Crippen LogP contribution in [0.15, 0.2) is 52.9 Å². The summed E-state index contributed by atoms with van der Waals surface area (Å²) in [5.74, 6) is -1.33. The van der Waals surface area contributed by atoms with Gasteiger partial charge in [0.1, 0.15) is 0 Å². The molecule has 0 saturated heterocycles. The van der Waals surface area contributed by atoms with Crippen LogP contribution >= 0.6 is 35.3 Å². The van der Waals surface area contributed by atoms with Gasteiger partial charge in [-0.2, -0.15) is 0 Å². The molecule has 22 heavy (non-hydrogen) atoms. The number of hydrogen-bond acceptors (Lipinski definition) is 4. The van der Waals surface area contributed by atoms with E-state index in [9.17, 15) is 8.78 Å². The summed E-state index contributed by atoms with van der Waals surface area (Å²) in [5.41, 5.74) is 1.20. The van der Waals surface area contributed by atoms with Gasteiger partial charge < -0.3 is 0 Å². The number of thioether (sulfide) groups is 1. The van der Waals surface area contributed by atoms with Crippen molar-refractivity contribution in [3.8, 4) is 5.69 Å². The fourth-order valence-electron chi connectivity index (χ4n) is 1.85. The van der Waals surface area contributed by atoms with Crippen molar-refractivity contribution in [2.75, 3.05) is 0 Å². The number of nitrogens with zero attached hydrogens (tertiary/aromatic N) is 2. The molecular formula is C15H10F2N2S3. The highest BCUT2D eigenvalue weighted by Gasteiger charge is 2.10. The zero-order chi connectivity index (χ0) is 15.5. The fourth-order valence-corrected chi connectivity index (χ4v) is 4.19. The number of hydrogen-bond donors (Lipinski definition) is 0. The Morgan fingerprint density at radius 1 is 1.09 bits per heavy atom. The van der Waals surface area contributed by atoms with Gasteiger partial charge in [-0.25, -0.2) is 13.5 Å². The van der Waals surface area contributed by atoms with Crippen LogP contribution in [-0.2, 0) is 5.75 Å². The van der Waals surface area contributed by atoms with Crippen LogP contribution in [0.1, 0.15) is 5.56 Å². The highest BCUT2D eigenvalue weighted by molar-refractivity contribution is 8.00. The Kier molecular flexibility index (Phi) is 4.66. The number of aromatic nitrogens is 2. The molecule has 3 rings (SSSR count). The van der Waals surface area contributed by atoms with E-state index in [1.165, 1.54) is 29.2 Å². The van der Waals surface area contributed by atoms with Crippen LogP contribution in [-0.4, -0.2) is 9.78 Å². The van der Waals surface area contributed by atoms with Crippen molar-refractivity contribution in [1.82, 2.24) is 9.78 Å². The lowest BCUT2D eigenvalue weighted by atomic mass is 10.2. The van der Waals surface area contributed by atoms with Gasteiger partial charge in [0.25, 0.3) is 0 Å². The normalized spacial score (nSPS) is 10.8. The summed E-state index contributed by atoms with van der Waals surface area (Å²) in [4.78, 5) is 0. The van der Waals surface area contributed by atoms with E-state index >= 15 is 0 Å². The van der Waals surface area contributed by atoms with E-state index in [2.05, 4.69) is 5.10 Å². The first-order valence-corrected chi connectivity index (χ1v) is 8.57. The number of benzene rings is 2. The second-order valence-electron chi connectivity index (χ2n) is 4.38. The van der Waals surface area contributed by atoms with Gasteiger partial charge >= 0.3 is 0 Å². The monoisotopic (exact) mass is 352 g/mol. The van der Waals surface area contributed by atoms with Crippen LogP contribution < -0.4 is 0 Å². The summed E-state index contributed by atoms with van der Waals surface area (Å²) in [6.45, 7) is 0. The van der Waals surface area contributed by atoms with E-state index < -0.39 is 11.6 Å². The Hall–Kier alpha value is -1.57. The molecule has 0 radical (unpaired) electrons. The number of halogens is 2. The lowest BCUT2D eigenvalue weighted by Crippen LogP contribution is -1.96. The zero-order valence-electron chi connectivity index (χ0n) is 11.2. The minimum Gasteiger partial charge on any atom is -0.211 e.